The summed E-state index contributed by atoms with van der Waals surface area (Å²) in [7, 11) is 0. The second-order valence-corrected chi connectivity index (χ2v) is 3.11. The first-order valence-corrected chi connectivity index (χ1v) is 4.63. The highest BCUT2D eigenvalue weighted by Gasteiger charge is 2.30. The maximum atomic E-state index is 11.2. The summed E-state index contributed by atoms with van der Waals surface area (Å²) in [5.41, 5.74) is 0. The monoisotopic (exact) mass is 206 g/mol. The van der Waals surface area contributed by atoms with Crippen molar-refractivity contribution in [1.29, 1.82) is 0 Å². The Morgan fingerprint density at radius 1 is 1.46 bits per heavy atom. The third kappa shape index (κ3) is 3.67. The Balaban J connectivity index is 4.31. The van der Waals surface area contributed by atoms with Crippen molar-refractivity contribution < 1.29 is 19.4 Å². The van der Waals surface area contributed by atoms with Crippen molar-refractivity contribution in [2.75, 3.05) is 6.61 Å². The number of carboxylic acid groups (broad SMARTS) is 1. The summed E-state index contributed by atoms with van der Waals surface area (Å²) in [5, 5.41) is 7.63. The van der Waals surface area contributed by atoms with Crippen molar-refractivity contribution in [3.05, 3.63) is 0 Å². The Kier molecular flexibility index (Phi) is 5.53. The van der Waals surface area contributed by atoms with Gasteiger partial charge in [0.2, 0.25) is 0 Å². The average molecular weight is 206 g/mol. The largest absolute Gasteiger partial charge is 0.480 e. The number of carboxylic acids is 1. The number of thiol groups is 1. The molecule has 0 aromatic rings. The molecule has 0 aromatic heterocycles. The lowest BCUT2D eigenvalue weighted by Crippen LogP contribution is -2.31. The van der Waals surface area contributed by atoms with Crippen LogP contribution < -0.4 is 0 Å². The zero-order chi connectivity index (χ0) is 10.4. The summed E-state index contributed by atoms with van der Waals surface area (Å²) in [4.78, 5) is 21.7. The highest BCUT2D eigenvalue weighted by molar-refractivity contribution is 7.81. The van der Waals surface area contributed by atoms with Gasteiger partial charge in [-0.15, -0.1) is 0 Å². The standard InChI is InChI=1S/C8H14O4S/c1-3-5(6(13)7(9)10)8(11)12-4-2/h5-6,13H,3-4H2,1-2H3,(H,9,10). The van der Waals surface area contributed by atoms with Gasteiger partial charge in [-0.25, -0.2) is 0 Å². The quantitative estimate of drug-likeness (QED) is 0.519. The number of ether oxygens (including phenoxy) is 1. The molecule has 0 aromatic carbocycles. The van der Waals surface area contributed by atoms with Crippen LogP contribution >= 0.6 is 12.6 Å². The first kappa shape index (κ1) is 12.3. The van der Waals surface area contributed by atoms with Gasteiger partial charge in [-0.05, 0) is 13.3 Å². The number of hydrogen-bond donors (Lipinski definition) is 2. The topological polar surface area (TPSA) is 63.6 Å². The van der Waals surface area contributed by atoms with Gasteiger partial charge in [0.15, 0.2) is 0 Å². The van der Waals surface area contributed by atoms with Crippen LogP contribution in [0.25, 0.3) is 0 Å². The van der Waals surface area contributed by atoms with E-state index in [0.717, 1.165) is 0 Å². The van der Waals surface area contributed by atoms with E-state index in [2.05, 4.69) is 12.6 Å². The molecular weight excluding hydrogens is 192 g/mol. The zero-order valence-corrected chi connectivity index (χ0v) is 8.58. The molecular formula is C8H14O4S. The lowest BCUT2D eigenvalue weighted by Gasteiger charge is -2.16. The molecule has 0 heterocycles. The number of rotatable bonds is 5. The van der Waals surface area contributed by atoms with Crippen LogP contribution in [0.2, 0.25) is 0 Å². The Bertz CT molecular complexity index is 193. The van der Waals surface area contributed by atoms with Crippen molar-refractivity contribution >= 4 is 24.6 Å². The van der Waals surface area contributed by atoms with Gasteiger partial charge >= 0.3 is 11.9 Å². The second kappa shape index (κ2) is 5.85. The van der Waals surface area contributed by atoms with Crippen molar-refractivity contribution in [3.8, 4) is 0 Å². The maximum absolute atomic E-state index is 11.2. The molecule has 76 valence electrons. The number of carbonyl (C=O) groups is 2. The van der Waals surface area contributed by atoms with E-state index in [9.17, 15) is 9.59 Å². The van der Waals surface area contributed by atoms with Crippen LogP contribution in [0.3, 0.4) is 0 Å². The summed E-state index contributed by atoms with van der Waals surface area (Å²) in [6.07, 6.45) is 0.416. The number of hydrogen-bond acceptors (Lipinski definition) is 4. The Morgan fingerprint density at radius 2 is 2.00 bits per heavy atom. The van der Waals surface area contributed by atoms with Crippen molar-refractivity contribution in [2.24, 2.45) is 5.92 Å². The first-order chi connectivity index (χ1) is 6.04. The molecule has 2 atom stereocenters. The Labute approximate surface area is 82.7 Å². The van der Waals surface area contributed by atoms with Gasteiger partial charge < -0.3 is 9.84 Å². The van der Waals surface area contributed by atoms with E-state index < -0.39 is 23.1 Å². The van der Waals surface area contributed by atoms with Crippen LogP contribution in [-0.4, -0.2) is 28.9 Å². The molecule has 0 saturated heterocycles. The minimum absolute atomic E-state index is 0.259. The van der Waals surface area contributed by atoms with Crippen LogP contribution in [0.1, 0.15) is 20.3 Å². The molecule has 0 rings (SSSR count). The van der Waals surface area contributed by atoms with E-state index >= 15 is 0 Å². The summed E-state index contributed by atoms with van der Waals surface area (Å²) in [5.74, 6) is -2.25. The van der Waals surface area contributed by atoms with Crippen LogP contribution in [0.4, 0.5) is 0 Å². The van der Waals surface area contributed by atoms with Crippen molar-refractivity contribution in [1.82, 2.24) is 0 Å². The highest BCUT2D eigenvalue weighted by Crippen LogP contribution is 2.16. The summed E-state index contributed by atoms with van der Waals surface area (Å²) < 4.78 is 4.72. The van der Waals surface area contributed by atoms with E-state index in [1.165, 1.54) is 0 Å². The number of carbonyl (C=O) groups excluding carboxylic acids is 1. The molecule has 4 nitrogen and oxygen atoms in total. The van der Waals surface area contributed by atoms with E-state index in [0.29, 0.717) is 6.42 Å². The molecule has 1 N–H and O–H groups in total. The molecule has 0 radical (unpaired) electrons. The minimum Gasteiger partial charge on any atom is -0.480 e. The molecule has 0 aliphatic heterocycles. The van der Waals surface area contributed by atoms with E-state index in [1.54, 1.807) is 13.8 Å². The maximum Gasteiger partial charge on any atom is 0.317 e. The smallest absolute Gasteiger partial charge is 0.317 e. The van der Waals surface area contributed by atoms with Gasteiger partial charge in [0.05, 0.1) is 12.5 Å². The first-order valence-electron chi connectivity index (χ1n) is 4.12. The highest BCUT2D eigenvalue weighted by atomic mass is 32.1. The molecule has 0 amide bonds. The SMILES string of the molecule is CCOC(=O)C(CC)C(S)C(=O)O. The normalized spacial score (nSPS) is 14.7. The predicted octanol–water partition coefficient (Wildman–Crippen LogP) is 0.959. The number of esters is 1. The van der Waals surface area contributed by atoms with E-state index in [1.807, 2.05) is 0 Å². The van der Waals surface area contributed by atoms with Gasteiger partial charge in [-0.1, -0.05) is 6.92 Å². The Hall–Kier alpha value is -0.710. The second-order valence-electron chi connectivity index (χ2n) is 2.55. The lowest BCUT2D eigenvalue weighted by atomic mass is 10.0. The van der Waals surface area contributed by atoms with Gasteiger partial charge in [-0.2, -0.15) is 12.6 Å². The molecule has 0 bridgehead atoms. The molecule has 2 unspecified atom stereocenters. The molecule has 13 heavy (non-hydrogen) atoms. The molecule has 5 heteroatoms. The minimum atomic E-state index is -1.09. The average Bonchev–Trinajstić information content (AvgIpc) is 2.05. The Morgan fingerprint density at radius 3 is 2.31 bits per heavy atom. The third-order valence-corrected chi connectivity index (χ3v) is 2.24. The van der Waals surface area contributed by atoms with Gasteiger partial charge in [0.25, 0.3) is 0 Å². The molecule has 0 aliphatic rings. The van der Waals surface area contributed by atoms with Crippen molar-refractivity contribution in [3.63, 3.8) is 0 Å². The fourth-order valence-corrected chi connectivity index (χ4v) is 1.27. The number of aliphatic carboxylic acids is 1. The van der Waals surface area contributed by atoms with Crippen LogP contribution in [0.15, 0.2) is 0 Å². The fraction of sp³-hybridized carbons (Fsp3) is 0.750. The summed E-state index contributed by atoms with van der Waals surface area (Å²) >= 11 is 3.83. The van der Waals surface area contributed by atoms with Crippen LogP contribution in [0, 0.1) is 5.92 Å². The van der Waals surface area contributed by atoms with Crippen molar-refractivity contribution in [2.45, 2.75) is 25.5 Å². The molecule has 0 saturated carbocycles. The fourth-order valence-electron chi connectivity index (χ4n) is 0.940. The van der Waals surface area contributed by atoms with Gasteiger partial charge in [0.1, 0.15) is 5.25 Å². The summed E-state index contributed by atoms with van der Waals surface area (Å²) in [6.45, 7) is 3.67. The third-order valence-electron chi connectivity index (χ3n) is 1.66. The van der Waals surface area contributed by atoms with E-state index in [4.69, 9.17) is 9.84 Å². The predicted molar refractivity (Wildman–Crippen MR) is 50.8 cm³/mol. The summed E-state index contributed by atoms with van der Waals surface area (Å²) in [6, 6.07) is 0. The molecule has 0 spiro atoms. The molecule has 0 aliphatic carbocycles. The van der Waals surface area contributed by atoms with Crippen LogP contribution in [-0.2, 0) is 14.3 Å². The zero-order valence-electron chi connectivity index (χ0n) is 7.69. The van der Waals surface area contributed by atoms with Gasteiger partial charge in [0, 0.05) is 0 Å². The van der Waals surface area contributed by atoms with Crippen LogP contribution in [0.5, 0.6) is 0 Å². The lowest BCUT2D eigenvalue weighted by molar-refractivity contribution is -0.152. The molecule has 0 fully saturated rings. The van der Waals surface area contributed by atoms with Gasteiger partial charge in [-0.3, -0.25) is 9.59 Å². The van der Waals surface area contributed by atoms with E-state index in [-0.39, 0.29) is 6.61 Å².